The Morgan fingerprint density at radius 2 is 1.73 bits per heavy atom. The van der Waals surface area contributed by atoms with Crippen molar-refractivity contribution in [1.29, 1.82) is 0 Å². The molecule has 0 radical (unpaired) electrons. The van der Waals surface area contributed by atoms with Crippen LogP contribution in [-0.2, 0) is 0 Å². The molecular weight excluding hydrogens is 435 g/mol. The molecular formula is C26H23FN4OS. The summed E-state index contributed by atoms with van der Waals surface area (Å²) in [5.41, 5.74) is 5.39. The van der Waals surface area contributed by atoms with Crippen LogP contribution in [0.5, 0.6) is 5.75 Å². The second-order valence-electron chi connectivity index (χ2n) is 8.12. The van der Waals surface area contributed by atoms with Gasteiger partial charge in [-0.05, 0) is 86.2 Å². The Hall–Kier alpha value is -3.71. The Morgan fingerprint density at radius 3 is 2.42 bits per heavy atom. The lowest BCUT2D eigenvalue weighted by Crippen LogP contribution is -2.29. The van der Waals surface area contributed by atoms with Gasteiger partial charge in [0, 0.05) is 23.3 Å². The van der Waals surface area contributed by atoms with Crippen LogP contribution in [0.15, 0.2) is 79.0 Å². The third-order valence-electron chi connectivity index (χ3n) is 6.11. The highest BCUT2D eigenvalue weighted by Crippen LogP contribution is 2.44. The molecule has 166 valence electrons. The zero-order valence-electron chi connectivity index (χ0n) is 18.2. The highest BCUT2D eigenvalue weighted by atomic mass is 32.1. The van der Waals surface area contributed by atoms with Gasteiger partial charge in [-0.25, -0.2) is 4.39 Å². The number of pyridine rings is 1. The van der Waals surface area contributed by atoms with Gasteiger partial charge in [-0.1, -0.05) is 18.2 Å². The van der Waals surface area contributed by atoms with Gasteiger partial charge in [0.25, 0.3) is 0 Å². The number of aromatic nitrogens is 2. The zero-order chi connectivity index (χ0) is 23.1. The summed E-state index contributed by atoms with van der Waals surface area (Å²) in [7, 11) is 0. The molecule has 7 heteroatoms. The lowest BCUT2D eigenvalue weighted by molar-refractivity contribution is 0.471. The summed E-state index contributed by atoms with van der Waals surface area (Å²) in [4.78, 5) is 6.61. The Kier molecular flexibility index (Phi) is 5.34. The molecule has 0 bridgehead atoms. The van der Waals surface area contributed by atoms with Crippen molar-refractivity contribution in [2.45, 2.75) is 25.9 Å². The molecule has 33 heavy (non-hydrogen) atoms. The van der Waals surface area contributed by atoms with E-state index in [9.17, 15) is 9.50 Å². The molecule has 1 fully saturated rings. The fourth-order valence-corrected chi connectivity index (χ4v) is 5.01. The van der Waals surface area contributed by atoms with Gasteiger partial charge in [0.1, 0.15) is 11.6 Å². The summed E-state index contributed by atoms with van der Waals surface area (Å²) in [5, 5.41) is 14.5. The number of benzene rings is 2. The first-order valence-electron chi connectivity index (χ1n) is 10.7. The molecule has 1 aliphatic heterocycles. The van der Waals surface area contributed by atoms with Gasteiger partial charge in [-0.3, -0.25) is 4.98 Å². The first kappa shape index (κ1) is 21.2. The molecule has 5 nitrogen and oxygen atoms in total. The quantitative estimate of drug-likeness (QED) is 0.395. The van der Waals surface area contributed by atoms with Crippen LogP contribution in [0.1, 0.15) is 34.7 Å². The van der Waals surface area contributed by atoms with Crippen molar-refractivity contribution in [3.05, 3.63) is 107 Å². The van der Waals surface area contributed by atoms with Crippen LogP contribution in [0.3, 0.4) is 0 Å². The molecule has 2 aromatic carbocycles. The number of anilines is 1. The highest BCUT2D eigenvalue weighted by Gasteiger charge is 2.42. The monoisotopic (exact) mass is 458 g/mol. The van der Waals surface area contributed by atoms with E-state index in [0.29, 0.717) is 5.11 Å². The number of para-hydroxylation sites is 2. The van der Waals surface area contributed by atoms with Gasteiger partial charge >= 0.3 is 0 Å². The van der Waals surface area contributed by atoms with Crippen molar-refractivity contribution in [3.63, 3.8) is 0 Å². The summed E-state index contributed by atoms with van der Waals surface area (Å²) in [5.74, 6) is -0.0880. The van der Waals surface area contributed by atoms with E-state index in [1.54, 1.807) is 30.5 Å². The smallest absolute Gasteiger partial charge is 0.174 e. The van der Waals surface area contributed by atoms with Crippen LogP contribution in [0.2, 0.25) is 0 Å². The molecule has 0 amide bonds. The number of hydrogen-bond acceptors (Lipinski definition) is 3. The molecule has 5 rings (SSSR count). The second kappa shape index (κ2) is 8.33. The minimum Gasteiger partial charge on any atom is -0.506 e. The van der Waals surface area contributed by atoms with Gasteiger partial charge in [0.15, 0.2) is 5.11 Å². The molecule has 0 saturated carbocycles. The first-order chi connectivity index (χ1) is 16.0. The summed E-state index contributed by atoms with van der Waals surface area (Å²) in [6, 6.07) is 21.1. The van der Waals surface area contributed by atoms with Gasteiger partial charge in [0.2, 0.25) is 0 Å². The fraction of sp³-hybridized carbons (Fsp3) is 0.154. The number of aromatic hydroxyl groups is 1. The standard InChI is InChI=1S/C26H23FN4OS/c1-16-15-20(17(2)30(16)22-8-3-4-9-23(22)32)25-24(21-7-5-6-14-28-21)29-26(33)31(25)19-12-10-18(27)11-13-19/h3-15,24-25,32H,1-2H3,(H,29,33)/t24-,25-/m0/s1. The third kappa shape index (κ3) is 3.64. The summed E-state index contributed by atoms with van der Waals surface area (Å²) in [6.07, 6.45) is 1.77. The van der Waals surface area contributed by atoms with E-state index in [4.69, 9.17) is 12.2 Å². The molecule has 2 atom stereocenters. The summed E-state index contributed by atoms with van der Waals surface area (Å²) >= 11 is 5.75. The molecule has 4 aromatic rings. The number of nitrogens with zero attached hydrogens (tertiary/aromatic N) is 3. The lowest BCUT2D eigenvalue weighted by Gasteiger charge is -2.28. The molecule has 1 saturated heterocycles. The number of hydrogen-bond donors (Lipinski definition) is 2. The molecule has 3 heterocycles. The topological polar surface area (TPSA) is 53.3 Å². The summed E-state index contributed by atoms with van der Waals surface area (Å²) < 4.78 is 15.7. The Balaban J connectivity index is 1.69. The van der Waals surface area contributed by atoms with Crippen LogP contribution < -0.4 is 10.2 Å². The maximum atomic E-state index is 13.7. The third-order valence-corrected chi connectivity index (χ3v) is 6.43. The van der Waals surface area contributed by atoms with E-state index in [-0.39, 0.29) is 23.7 Å². The molecule has 0 unspecified atom stereocenters. The number of phenols is 1. The molecule has 0 spiro atoms. The Bertz CT molecular complexity index is 1320. The SMILES string of the molecule is Cc1cc([C@H]2[C@H](c3ccccn3)NC(=S)N2c2ccc(F)cc2)c(C)n1-c1ccccc1O. The second-order valence-corrected chi connectivity index (χ2v) is 8.51. The average molecular weight is 459 g/mol. The van der Waals surface area contributed by atoms with E-state index < -0.39 is 0 Å². The van der Waals surface area contributed by atoms with E-state index in [0.717, 1.165) is 34.0 Å². The predicted molar refractivity (Wildman–Crippen MR) is 131 cm³/mol. The molecule has 2 aromatic heterocycles. The largest absolute Gasteiger partial charge is 0.506 e. The van der Waals surface area contributed by atoms with E-state index in [1.165, 1.54) is 12.1 Å². The van der Waals surface area contributed by atoms with Gasteiger partial charge < -0.3 is 19.9 Å². The highest BCUT2D eigenvalue weighted by molar-refractivity contribution is 7.80. The molecule has 0 aliphatic carbocycles. The zero-order valence-corrected chi connectivity index (χ0v) is 19.1. The number of aryl methyl sites for hydroxylation is 1. The van der Waals surface area contributed by atoms with E-state index in [1.807, 2.05) is 53.6 Å². The number of rotatable bonds is 4. The van der Waals surface area contributed by atoms with Crippen molar-refractivity contribution < 1.29 is 9.50 Å². The van der Waals surface area contributed by atoms with Crippen molar-refractivity contribution in [2.24, 2.45) is 0 Å². The van der Waals surface area contributed by atoms with Crippen LogP contribution in [0, 0.1) is 19.7 Å². The minimum absolute atomic E-state index is 0.206. The van der Waals surface area contributed by atoms with Crippen LogP contribution >= 0.6 is 12.2 Å². The van der Waals surface area contributed by atoms with Gasteiger partial charge in [0.05, 0.1) is 23.5 Å². The fourth-order valence-electron chi connectivity index (χ4n) is 4.66. The maximum Gasteiger partial charge on any atom is 0.174 e. The number of halogens is 1. The lowest BCUT2D eigenvalue weighted by atomic mass is 9.96. The van der Waals surface area contributed by atoms with Crippen LogP contribution in [0.4, 0.5) is 10.1 Å². The maximum absolute atomic E-state index is 13.7. The van der Waals surface area contributed by atoms with Gasteiger partial charge in [-0.2, -0.15) is 0 Å². The van der Waals surface area contributed by atoms with Gasteiger partial charge in [-0.15, -0.1) is 0 Å². The van der Waals surface area contributed by atoms with Crippen LogP contribution in [-0.4, -0.2) is 19.8 Å². The first-order valence-corrected chi connectivity index (χ1v) is 11.1. The van der Waals surface area contributed by atoms with Crippen LogP contribution in [0.25, 0.3) is 5.69 Å². The number of thiocarbonyl (C=S) groups is 1. The van der Waals surface area contributed by atoms with Crippen molar-refractivity contribution in [1.82, 2.24) is 14.9 Å². The van der Waals surface area contributed by atoms with E-state index >= 15 is 0 Å². The normalized spacial score (nSPS) is 17.9. The molecule has 2 N–H and O–H groups in total. The summed E-state index contributed by atoms with van der Waals surface area (Å²) in [6.45, 7) is 4.05. The molecule has 1 aliphatic rings. The Labute approximate surface area is 197 Å². The number of nitrogens with one attached hydrogen (secondary N) is 1. The Morgan fingerprint density at radius 1 is 1.00 bits per heavy atom. The van der Waals surface area contributed by atoms with E-state index in [2.05, 4.69) is 16.4 Å². The van der Waals surface area contributed by atoms with Crippen molar-refractivity contribution >= 4 is 23.0 Å². The number of phenolic OH excluding ortho intramolecular Hbond substituents is 1. The minimum atomic E-state index is -0.299. The van der Waals surface area contributed by atoms with Crippen molar-refractivity contribution in [3.8, 4) is 11.4 Å². The predicted octanol–water partition coefficient (Wildman–Crippen LogP) is 5.51. The average Bonchev–Trinajstić information content (AvgIpc) is 3.31. The van der Waals surface area contributed by atoms with Crippen molar-refractivity contribution in [2.75, 3.05) is 4.90 Å².